The van der Waals surface area contributed by atoms with Gasteiger partial charge in [0, 0.05) is 22.2 Å². The Hall–Kier alpha value is -4.90. The van der Waals surface area contributed by atoms with Crippen molar-refractivity contribution in [2.75, 3.05) is 24.7 Å². The summed E-state index contributed by atoms with van der Waals surface area (Å²) in [7, 11) is 0. The number of carbonyl (C=O) groups excluding carboxylic acids is 2. The minimum absolute atomic E-state index is 0.142. The lowest BCUT2D eigenvalue weighted by atomic mass is 9.79. The van der Waals surface area contributed by atoms with Crippen molar-refractivity contribution in [1.82, 2.24) is 0 Å². The van der Waals surface area contributed by atoms with Crippen LogP contribution in [0, 0.1) is 0 Å². The second kappa shape index (κ2) is 12.7. The van der Waals surface area contributed by atoms with Crippen LogP contribution < -0.4 is 4.90 Å². The monoisotopic (exact) mass is 625 g/mol. The maximum absolute atomic E-state index is 12.8. The summed E-state index contributed by atoms with van der Waals surface area (Å²) in [6, 6.07) is 25.4. The summed E-state index contributed by atoms with van der Waals surface area (Å²) in [6.45, 7) is 13.4. The van der Waals surface area contributed by atoms with Gasteiger partial charge in [-0.15, -0.1) is 0 Å². The first-order chi connectivity index (χ1) is 22.6. The Morgan fingerprint density at radius 1 is 0.702 bits per heavy atom. The molecule has 2 aliphatic rings. The van der Waals surface area contributed by atoms with E-state index in [0.717, 1.165) is 28.1 Å². The van der Waals surface area contributed by atoms with Gasteiger partial charge in [0.25, 0.3) is 0 Å². The van der Waals surface area contributed by atoms with E-state index in [2.05, 4.69) is 118 Å². The Balaban J connectivity index is 1.37. The number of hydrogen-bond donors (Lipinski definition) is 0. The van der Waals surface area contributed by atoms with E-state index in [9.17, 15) is 9.59 Å². The lowest BCUT2D eigenvalue weighted by Crippen LogP contribution is -2.31. The molecule has 4 aromatic rings. The Labute approximate surface area is 277 Å². The standard InChI is InChI=1S/C42H43NO4/c1-7-46-37(44)26-33-32-24-22-28-16-12-14-18-30(28)39(32)41(3,4)34(33)20-10-9-11-21-36-42(5,6)40-31-19-15-13-17-29(31)23-25-35(40)43(36)27-38(45)47-8-2/h9-25H,7-8,26-27H2,1-6H3/b11-9+,20-10+,36-21+. The quantitative estimate of drug-likeness (QED) is 0.137. The van der Waals surface area contributed by atoms with Crippen molar-refractivity contribution in [3.8, 4) is 0 Å². The van der Waals surface area contributed by atoms with Crippen LogP contribution in [0.2, 0.25) is 0 Å². The van der Waals surface area contributed by atoms with E-state index in [-0.39, 0.29) is 35.7 Å². The maximum Gasteiger partial charge on any atom is 0.325 e. The molecule has 4 aromatic carbocycles. The SMILES string of the molecule is CCOC(=O)CC1=C(/C=C/C=C/C=C2/N(CC(=O)OCC)c3ccc4ccccc4c3C2(C)C)C(C)(C)c2c1ccc1ccccc21. The van der Waals surface area contributed by atoms with E-state index in [4.69, 9.17) is 9.47 Å². The molecule has 0 atom stereocenters. The van der Waals surface area contributed by atoms with Crippen molar-refractivity contribution in [3.63, 3.8) is 0 Å². The molecule has 0 saturated carbocycles. The van der Waals surface area contributed by atoms with E-state index in [0.29, 0.717) is 13.2 Å². The van der Waals surface area contributed by atoms with E-state index < -0.39 is 0 Å². The van der Waals surface area contributed by atoms with Crippen LogP contribution in [0.5, 0.6) is 0 Å². The summed E-state index contributed by atoms with van der Waals surface area (Å²) in [5.41, 5.74) is 7.09. The number of rotatable bonds is 9. The van der Waals surface area contributed by atoms with Crippen molar-refractivity contribution in [2.24, 2.45) is 0 Å². The van der Waals surface area contributed by atoms with Gasteiger partial charge in [-0.25, -0.2) is 0 Å². The first-order valence-corrected chi connectivity index (χ1v) is 16.5. The fraction of sp³-hybridized carbons (Fsp3) is 0.286. The molecule has 1 aliphatic heterocycles. The van der Waals surface area contributed by atoms with Crippen LogP contribution in [0.25, 0.3) is 27.1 Å². The van der Waals surface area contributed by atoms with Gasteiger partial charge in [0.1, 0.15) is 6.54 Å². The molecule has 240 valence electrons. The van der Waals surface area contributed by atoms with Crippen molar-refractivity contribution in [2.45, 2.75) is 58.8 Å². The maximum atomic E-state index is 12.8. The fourth-order valence-corrected chi connectivity index (χ4v) is 7.61. The Morgan fingerprint density at radius 3 is 2.00 bits per heavy atom. The van der Waals surface area contributed by atoms with E-state index >= 15 is 0 Å². The average Bonchev–Trinajstić information content (AvgIpc) is 3.39. The molecule has 0 aromatic heterocycles. The highest BCUT2D eigenvalue weighted by Gasteiger charge is 2.42. The summed E-state index contributed by atoms with van der Waals surface area (Å²) in [5.74, 6) is -0.474. The molecule has 1 aliphatic carbocycles. The van der Waals surface area contributed by atoms with Crippen LogP contribution in [-0.2, 0) is 29.9 Å². The van der Waals surface area contributed by atoms with Gasteiger partial charge in [0.05, 0.1) is 19.6 Å². The molecule has 0 saturated heterocycles. The summed E-state index contributed by atoms with van der Waals surface area (Å²) < 4.78 is 10.8. The topological polar surface area (TPSA) is 55.8 Å². The first kappa shape index (κ1) is 32.1. The van der Waals surface area contributed by atoms with Crippen molar-refractivity contribution >= 4 is 44.7 Å². The zero-order valence-electron chi connectivity index (χ0n) is 28.2. The van der Waals surface area contributed by atoms with Gasteiger partial charge in [-0.2, -0.15) is 0 Å². The molecule has 0 N–H and O–H groups in total. The number of anilines is 1. The zero-order chi connectivity index (χ0) is 33.3. The molecule has 5 nitrogen and oxygen atoms in total. The van der Waals surface area contributed by atoms with Crippen LogP contribution in [0.1, 0.15) is 64.7 Å². The third-order valence-corrected chi connectivity index (χ3v) is 9.59. The van der Waals surface area contributed by atoms with Crippen LogP contribution in [0.4, 0.5) is 5.69 Å². The van der Waals surface area contributed by atoms with Gasteiger partial charge in [-0.3, -0.25) is 9.59 Å². The molecule has 1 heterocycles. The Bertz CT molecular complexity index is 2010. The highest BCUT2D eigenvalue weighted by molar-refractivity contribution is 6.00. The van der Waals surface area contributed by atoms with Gasteiger partial charge in [0.15, 0.2) is 0 Å². The van der Waals surface area contributed by atoms with Gasteiger partial charge >= 0.3 is 11.9 Å². The molecule has 0 unspecified atom stereocenters. The van der Waals surface area contributed by atoms with Crippen molar-refractivity contribution < 1.29 is 19.1 Å². The normalized spacial score (nSPS) is 17.3. The predicted molar refractivity (Wildman–Crippen MR) is 192 cm³/mol. The summed E-state index contributed by atoms with van der Waals surface area (Å²) in [6.07, 6.45) is 10.6. The molecule has 0 fully saturated rings. The minimum atomic E-state index is -0.345. The largest absolute Gasteiger partial charge is 0.466 e. The highest BCUT2D eigenvalue weighted by atomic mass is 16.5. The molecular formula is C42H43NO4. The predicted octanol–water partition coefficient (Wildman–Crippen LogP) is 9.35. The summed E-state index contributed by atoms with van der Waals surface area (Å²) in [4.78, 5) is 27.7. The number of allylic oxidation sites excluding steroid dienone is 7. The number of benzene rings is 4. The smallest absolute Gasteiger partial charge is 0.325 e. The molecule has 5 heteroatoms. The van der Waals surface area contributed by atoms with E-state index in [1.54, 1.807) is 0 Å². The van der Waals surface area contributed by atoms with Gasteiger partial charge in [-0.05, 0) is 75.4 Å². The second-order valence-corrected chi connectivity index (χ2v) is 13.2. The summed E-state index contributed by atoms with van der Waals surface area (Å²) >= 11 is 0. The number of esters is 2. The third-order valence-electron chi connectivity index (χ3n) is 9.59. The lowest BCUT2D eigenvalue weighted by Gasteiger charge is -2.26. The van der Waals surface area contributed by atoms with Crippen LogP contribution in [-0.4, -0.2) is 31.7 Å². The summed E-state index contributed by atoms with van der Waals surface area (Å²) in [5, 5.41) is 4.76. The Morgan fingerprint density at radius 2 is 1.32 bits per heavy atom. The average molecular weight is 626 g/mol. The number of nitrogens with zero attached hydrogens (tertiary/aromatic N) is 1. The third kappa shape index (κ3) is 5.69. The molecule has 0 bridgehead atoms. The zero-order valence-corrected chi connectivity index (χ0v) is 28.2. The first-order valence-electron chi connectivity index (χ1n) is 16.5. The molecule has 0 spiro atoms. The molecule has 6 rings (SSSR count). The van der Waals surface area contributed by atoms with Gasteiger partial charge in [0.2, 0.25) is 0 Å². The number of carbonyl (C=O) groups is 2. The highest BCUT2D eigenvalue weighted by Crippen LogP contribution is 2.52. The van der Waals surface area contributed by atoms with Crippen LogP contribution >= 0.6 is 0 Å². The lowest BCUT2D eigenvalue weighted by molar-refractivity contribution is -0.142. The van der Waals surface area contributed by atoms with Crippen LogP contribution in [0.15, 0.2) is 114 Å². The molecule has 0 amide bonds. The fourth-order valence-electron chi connectivity index (χ4n) is 7.61. The van der Waals surface area contributed by atoms with Gasteiger partial charge in [-0.1, -0.05) is 119 Å². The van der Waals surface area contributed by atoms with E-state index in [1.165, 1.54) is 32.7 Å². The molecule has 0 radical (unpaired) electrons. The minimum Gasteiger partial charge on any atom is -0.466 e. The number of ether oxygens (including phenoxy) is 2. The van der Waals surface area contributed by atoms with Crippen molar-refractivity contribution in [1.29, 1.82) is 0 Å². The van der Waals surface area contributed by atoms with Gasteiger partial charge < -0.3 is 14.4 Å². The number of fused-ring (bicyclic) bond motifs is 6. The molecular weight excluding hydrogens is 582 g/mol. The Kier molecular flexibility index (Phi) is 8.67. The molecule has 47 heavy (non-hydrogen) atoms. The van der Waals surface area contributed by atoms with Crippen LogP contribution in [0.3, 0.4) is 0 Å². The number of hydrogen-bond acceptors (Lipinski definition) is 5. The van der Waals surface area contributed by atoms with Crippen molar-refractivity contribution in [3.05, 3.63) is 131 Å². The second-order valence-electron chi connectivity index (χ2n) is 13.2. The van der Waals surface area contributed by atoms with E-state index in [1.807, 2.05) is 32.1 Å².